The first-order valence-corrected chi connectivity index (χ1v) is 11.4. The van der Waals surface area contributed by atoms with E-state index in [1.54, 1.807) is 25.7 Å². The number of imidazole rings is 1. The SMILES string of the molecule is COc1ccc(F)cc1-c1ccc(CC2(C(=O)NCCCCn3ccnc3)CCCO2)cc1. The van der Waals surface area contributed by atoms with E-state index in [1.165, 1.54) is 12.1 Å². The maximum atomic E-state index is 13.8. The normalized spacial score (nSPS) is 17.8. The number of carbonyl (C=O) groups is 1. The highest BCUT2D eigenvalue weighted by Gasteiger charge is 2.42. The molecule has 3 aromatic rings. The molecule has 1 fully saturated rings. The number of ether oxygens (including phenoxy) is 2. The Morgan fingerprint density at radius 3 is 2.79 bits per heavy atom. The van der Waals surface area contributed by atoms with Gasteiger partial charge in [-0.1, -0.05) is 24.3 Å². The molecule has 4 rings (SSSR count). The third-order valence-corrected chi connectivity index (χ3v) is 6.12. The van der Waals surface area contributed by atoms with Gasteiger partial charge < -0.3 is 19.4 Å². The van der Waals surface area contributed by atoms with Gasteiger partial charge in [0.05, 0.1) is 13.4 Å². The summed E-state index contributed by atoms with van der Waals surface area (Å²) < 4.78 is 27.2. The number of rotatable bonds is 10. The van der Waals surface area contributed by atoms with Crippen LogP contribution in [0, 0.1) is 5.82 Å². The summed E-state index contributed by atoms with van der Waals surface area (Å²) in [6.45, 7) is 2.10. The molecule has 33 heavy (non-hydrogen) atoms. The number of aromatic nitrogens is 2. The smallest absolute Gasteiger partial charge is 0.252 e. The van der Waals surface area contributed by atoms with Crippen molar-refractivity contribution in [1.82, 2.24) is 14.9 Å². The second-order valence-corrected chi connectivity index (χ2v) is 8.43. The summed E-state index contributed by atoms with van der Waals surface area (Å²) in [5.41, 5.74) is 1.73. The molecular formula is C26H30FN3O3. The van der Waals surface area contributed by atoms with Crippen LogP contribution in [0.2, 0.25) is 0 Å². The first-order valence-electron chi connectivity index (χ1n) is 11.4. The summed E-state index contributed by atoms with van der Waals surface area (Å²) in [5.74, 6) is 0.264. The van der Waals surface area contributed by atoms with Gasteiger partial charge in [-0.3, -0.25) is 4.79 Å². The predicted octanol–water partition coefficient (Wildman–Crippen LogP) is 4.39. The van der Waals surface area contributed by atoms with Crippen molar-refractivity contribution in [3.8, 4) is 16.9 Å². The summed E-state index contributed by atoms with van der Waals surface area (Å²) in [5, 5.41) is 3.08. The molecule has 0 saturated carbocycles. The van der Waals surface area contributed by atoms with Gasteiger partial charge in [-0.2, -0.15) is 0 Å². The Hall–Kier alpha value is -3.19. The van der Waals surface area contributed by atoms with E-state index in [0.29, 0.717) is 37.3 Å². The molecule has 1 N–H and O–H groups in total. The molecule has 2 aromatic carbocycles. The lowest BCUT2D eigenvalue weighted by Gasteiger charge is -2.27. The van der Waals surface area contributed by atoms with Crippen molar-refractivity contribution in [3.63, 3.8) is 0 Å². The van der Waals surface area contributed by atoms with Crippen LogP contribution in [-0.4, -0.2) is 41.3 Å². The van der Waals surface area contributed by atoms with Gasteiger partial charge in [0, 0.05) is 44.1 Å². The quantitative estimate of drug-likeness (QED) is 0.465. The van der Waals surface area contributed by atoms with Crippen LogP contribution in [0.1, 0.15) is 31.2 Å². The number of amides is 1. The van der Waals surface area contributed by atoms with E-state index in [0.717, 1.165) is 36.9 Å². The summed E-state index contributed by atoms with van der Waals surface area (Å²) in [4.78, 5) is 17.1. The number of benzene rings is 2. The van der Waals surface area contributed by atoms with Crippen LogP contribution in [0.5, 0.6) is 5.75 Å². The van der Waals surface area contributed by atoms with E-state index in [1.807, 2.05) is 35.0 Å². The average Bonchev–Trinajstić information content (AvgIpc) is 3.52. The van der Waals surface area contributed by atoms with Crippen molar-refractivity contribution in [2.75, 3.05) is 20.3 Å². The molecule has 1 unspecified atom stereocenters. The zero-order valence-electron chi connectivity index (χ0n) is 18.9. The molecule has 1 atom stereocenters. The van der Waals surface area contributed by atoms with Crippen LogP contribution in [0.25, 0.3) is 11.1 Å². The minimum absolute atomic E-state index is 0.0430. The van der Waals surface area contributed by atoms with Crippen molar-refractivity contribution >= 4 is 5.91 Å². The number of hydrogen-bond acceptors (Lipinski definition) is 4. The highest BCUT2D eigenvalue weighted by Crippen LogP contribution is 2.33. The highest BCUT2D eigenvalue weighted by atomic mass is 19.1. The minimum Gasteiger partial charge on any atom is -0.496 e. The van der Waals surface area contributed by atoms with E-state index in [4.69, 9.17) is 9.47 Å². The van der Waals surface area contributed by atoms with Gasteiger partial charge >= 0.3 is 0 Å². The number of nitrogens with one attached hydrogen (secondary N) is 1. The molecule has 6 nitrogen and oxygen atoms in total. The minimum atomic E-state index is -0.831. The fraction of sp³-hybridized carbons (Fsp3) is 0.385. The Bertz CT molecular complexity index is 1050. The Morgan fingerprint density at radius 1 is 1.24 bits per heavy atom. The second-order valence-electron chi connectivity index (χ2n) is 8.43. The van der Waals surface area contributed by atoms with E-state index in [9.17, 15) is 9.18 Å². The van der Waals surface area contributed by atoms with Gasteiger partial charge in [0.25, 0.3) is 5.91 Å². The molecule has 0 bridgehead atoms. The fourth-order valence-electron chi connectivity index (χ4n) is 4.34. The highest BCUT2D eigenvalue weighted by molar-refractivity contribution is 5.86. The van der Waals surface area contributed by atoms with Crippen LogP contribution in [0.15, 0.2) is 61.2 Å². The van der Waals surface area contributed by atoms with Crippen LogP contribution < -0.4 is 10.1 Å². The fourth-order valence-corrected chi connectivity index (χ4v) is 4.34. The number of halogens is 1. The maximum absolute atomic E-state index is 13.8. The molecule has 1 aromatic heterocycles. The number of hydrogen-bond donors (Lipinski definition) is 1. The molecule has 1 amide bonds. The number of carbonyl (C=O) groups excluding carboxylic acids is 1. The third kappa shape index (κ3) is 5.60. The van der Waals surface area contributed by atoms with Gasteiger partial charge in [-0.15, -0.1) is 0 Å². The summed E-state index contributed by atoms with van der Waals surface area (Å²) in [7, 11) is 1.57. The molecule has 7 heteroatoms. The lowest BCUT2D eigenvalue weighted by Crippen LogP contribution is -2.48. The Kier molecular flexibility index (Phi) is 7.40. The Balaban J connectivity index is 1.37. The van der Waals surface area contributed by atoms with E-state index in [2.05, 4.69) is 10.3 Å². The van der Waals surface area contributed by atoms with Crippen molar-refractivity contribution in [1.29, 1.82) is 0 Å². The molecule has 2 heterocycles. The first-order chi connectivity index (χ1) is 16.1. The monoisotopic (exact) mass is 451 g/mol. The molecule has 1 saturated heterocycles. The molecule has 0 spiro atoms. The van der Waals surface area contributed by atoms with Gasteiger partial charge in [0.2, 0.25) is 0 Å². The number of methoxy groups -OCH3 is 1. The Morgan fingerprint density at radius 2 is 2.09 bits per heavy atom. The molecule has 1 aliphatic rings. The summed E-state index contributed by atoms with van der Waals surface area (Å²) in [6, 6.07) is 12.3. The lowest BCUT2D eigenvalue weighted by molar-refractivity contribution is -0.141. The lowest BCUT2D eigenvalue weighted by atomic mass is 9.89. The van der Waals surface area contributed by atoms with Gasteiger partial charge in [-0.05, 0) is 55.0 Å². The topological polar surface area (TPSA) is 65.4 Å². The molecular weight excluding hydrogens is 421 g/mol. The van der Waals surface area contributed by atoms with Crippen LogP contribution in [0.4, 0.5) is 4.39 Å². The van der Waals surface area contributed by atoms with Crippen molar-refractivity contribution < 1.29 is 18.7 Å². The summed E-state index contributed by atoms with van der Waals surface area (Å²) >= 11 is 0. The van der Waals surface area contributed by atoms with Crippen LogP contribution in [-0.2, 0) is 22.5 Å². The predicted molar refractivity (Wildman–Crippen MR) is 124 cm³/mol. The molecule has 0 radical (unpaired) electrons. The average molecular weight is 452 g/mol. The molecule has 0 aliphatic carbocycles. The number of nitrogens with zero attached hydrogens (tertiary/aromatic N) is 2. The molecule has 174 valence electrons. The number of unbranched alkanes of at least 4 members (excludes halogenated alkanes) is 1. The zero-order chi connectivity index (χ0) is 23.1. The standard InChI is InChI=1S/C26H30FN3O3/c1-32-24-10-9-22(27)17-23(24)21-7-5-20(6-8-21)18-26(11-4-16-33-26)25(31)29-12-2-3-14-30-15-13-28-19-30/h5-10,13,15,17,19H,2-4,11-12,14,16,18H2,1H3,(H,29,31). The van der Waals surface area contributed by atoms with E-state index < -0.39 is 5.60 Å². The third-order valence-electron chi connectivity index (χ3n) is 6.12. The van der Waals surface area contributed by atoms with E-state index >= 15 is 0 Å². The van der Waals surface area contributed by atoms with Crippen molar-refractivity contribution in [2.24, 2.45) is 0 Å². The Labute approximate surface area is 193 Å². The number of aryl methyl sites for hydroxylation is 1. The van der Waals surface area contributed by atoms with Crippen LogP contribution >= 0.6 is 0 Å². The molecule has 1 aliphatic heterocycles. The zero-order valence-corrected chi connectivity index (χ0v) is 18.9. The second kappa shape index (κ2) is 10.6. The van der Waals surface area contributed by atoms with Gasteiger partial charge in [0.1, 0.15) is 11.6 Å². The van der Waals surface area contributed by atoms with Gasteiger partial charge in [-0.25, -0.2) is 9.37 Å². The summed E-state index contributed by atoms with van der Waals surface area (Å²) in [6.07, 6.45) is 9.45. The van der Waals surface area contributed by atoms with Crippen molar-refractivity contribution in [3.05, 3.63) is 72.6 Å². The van der Waals surface area contributed by atoms with Crippen LogP contribution in [0.3, 0.4) is 0 Å². The van der Waals surface area contributed by atoms with E-state index in [-0.39, 0.29) is 11.7 Å². The largest absolute Gasteiger partial charge is 0.496 e. The maximum Gasteiger partial charge on any atom is 0.252 e. The van der Waals surface area contributed by atoms with Crippen molar-refractivity contribution in [2.45, 2.75) is 44.2 Å². The first kappa shape index (κ1) is 23.0. The van der Waals surface area contributed by atoms with Gasteiger partial charge in [0.15, 0.2) is 5.60 Å².